The normalized spacial score (nSPS) is 12.6. The molecule has 0 aliphatic heterocycles. The van der Waals surface area contributed by atoms with Crippen LogP contribution in [-0.2, 0) is 40.5 Å². The minimum absolute atomic E-state index is 0. The molecular formula is C32H40K3N12NaO16S4. The summed E-state index contributed by atoms with van der Waals surface area (Å²) in [5.41, 5.74) is -0.742. The predicted molar refractivity (Wildman–Crippen MR) is 223 cm³/mol. The van der Waals surface area contributed by atoms with Crippen molar-refractivity contribution >= 4 is 99.7 Å². The van der Waals surface area contributed by atoms with Crippen LogP contribution in [0.3, 0.4) is 0 Å². The Morgan fingerprint density at radius 1 is 0.574 bits per heavy atom. The van der Waals surface area contributed by atoms with Crippen molar-refractivity contribution in [1.82, 2.24) is 29.9 Å². The molecule has 36 heteroatoms. The molecule has 68 heavy (non-hydrogen) atoms. The Bertz CT molecular complexity index is 2610. The fourth-order valence-corrected chi connectivity index (χ4v) is 7.29. The van der Waals surface area contributed by atoms with Gasteiger partial charge in [-0.15, -0.1) is 0 Å². The monoisotopic (exact) mass is 1120 g/mol. The molecule has 8 N–H and O–H groups in total. The van der Waals surface area contributed by atoms with E-state index >= 15 is 0 Å². The Labute approximate surface area is 541 Å². The van der Waals surface area contributed by atoms with Crippen molar-refractivity contribution < 1.29 is 256 Å². The zero-order valence-corrected chi connectivity index (χ0v) is 52.0. The zero-order valence-electron chi connectivity index (χ0n) is 37.3. The summed E-state index contributed by atoms with van der Waals surface area (Å²) in [4.78, 5) is 25.5. The Morgan fingerprint density at radius 3 is 1.19 bits per heavy atom. The number of likely N-dealkylation sites (N-methyl/N-ethyl adjacent to an activating group) is 2. The van der Waals surface area contributed by atoms with Gasteiger partial charge in [0, 0.05) is 51.6 Å². The van der Waals surface area contributed by atoms with Crippen LogP contribution in [0, 0.1) is 0 Å². The first-order valence-electron chi connectivity index (χ1n) is 18.0. The number of anilines is 8. The third-order valence-corrected chi connectivity index (χ3v) is 11.3. The molecule has 0 bridgehead atoms. The minimum Gasteiger partial charge on any atom is -0.748 e. The molecule has 2 aromatic carbocycles. The fraction of sp³-hybridized carbons (Fsp3) is 0.375. The van der Waals surface area contributed by atoms with Gasteiger partial charge in [-0.3, -0.25) is 0 Å². The molecule has 0 aliphatic carbocycles. The SMILES string of the molecule is CN(CC(O)CO)c1nc(NCCS(=O)(=O)[O-])nc(Nc2ccc(C=Cc3ccc(Nc4nc(NCCS(=O)(=O)[O-])nc(N(C)CC(O)CO)n4)cc3S(=O)(=O)[O-])c(S(=O)(=O)[O-])c2)n1.[K+].[K+].[K+].[Na+]. The van der Waals surface area contributed by atoms with E-state index in [2.05, 4.69) is 51.2 Å². The Kier molecular flexibility index (Phi) is 30.9. The Morgan fingerprint density at radius 2 is 0.897 bits per heavy atom. The molecule has 2 heterocycles. The predicted octanol–water partition coefficient (Wildman–Crippen LogP) is -15.0. The average molecular weight is 1120 g/mol. The minimum atomic E-state index is -5.28. The van der Waals surface area contributed by atoms with Crippen LogP contribution >= 0.6 is 0 Å². The Hall–Kier alpha value is 0.389. The summed E-state index contributed by atoms with van der Waals surface area (Å²) in [6.07, 6.45) is -0.399. The van der Waals surface area contributed by atoms with Crippen LogP contribution in [0.4, 0.5) is 47.1 Å². The van der Waals surface area contributed by atoms with Gasteiger partial charge in [0.2, 0.25) is 35.7 Å². The van der Waals surface area contributed by atoms with Crippen molar-refractivity contribution in [2.45, 2.75) is 22.0 Å². The van der Waals surface area contributed by atoms with Gasteiger partial charge in [0.05, 0.1) is 67.0 Å². The Balaban J connectivity index is 0.0000112. The van der Waals surface area contributed by atoms with Crippen molar-refractivity contribution in [2.75, 3.05) is 96.1 Å². The van der Waals surface area contributed by atoms with Crippen LogP contribution < -0.4 is 215 Å². The topological polar surface area (TPSA) is 442 Å². The average Bonchev–Trinajstić information content (AvgIpc) is 3.18. The quantitative estimate of drug-likeness (QED) is 0.0183. The summed E-state index contributed by atoms with van der Waals surface area (Å²) >= 11 is 0. The first-order valence-corrected chi connectivity index (χ1v) is 24.0. The van der Waals surface area contributed by atoms with Crippen molar-refractivity contribution in [3.05, 3.63) is 47.5 Å². The van der Waals surface area contributed by atoms with E-state index < -0.39 is 100 Å². The maximum absolute atomic E-state index is 12.5. The first kappa shape index (κ1) is 68.4. The van der Waals surface area contributed by atoms with E-state index in [-0.39, 0.29) is 255 Å². The van der Waals surface area contributed by atoms with E-state index in [9.17, 15) is 72.3 Å². The van der Waals surface area contributed by atoms with E-state index in [0.29, 0.717) is 0 Å². The van der Waals surface area contributed by atoms with Crippen LogP contribution in [0.25, 0.3) is 12.2 Å². The molecule has 0 radical (unpaired) electrons. The fourth-order valence-electron chi connectivity index (χ4n) is 5.20. The molecule has 0 spiro atoms. The van der Waals surface area contributed by atoms with Crippen molar-refractivity contribution in [2.24, 2.45) is 0 Å². The maximum atomic E-state index is 12.5. The molecule has 4 rings (SSSR count). The van der Waals surface area contributed by atoms with Gasteiger partial charge in [0.1, 0.15) is 20.2 Å². The van der Waals surface area contributed by atoms with Crippen molar-refractivity contribution in [1.29, 1.82) is 0 Å². The number of hydrogen-bond acceptors (Lipinski definition) is 28. The largest absolute Gasteiger partial charge is 1.00 e. The summed E-state index contributed by atoms with van der Waals surface area (Å²) < 4.78 is 141. The van der Waals surface area contributed by atoms with Gasteiger partial charge in [0.25, 0.3) is 0 Å². The number of aliphatic hydroxyl groups is 4. The van der Waals surface area contributed by atoms with E-state index in [1.807, 2.05) is 0 Å². The molecule has 4 aromatic rings. The van der Waals surface area contributed by atoms with Crippen LogP contribution in [-0.4, -0.2) is 179 Å². The second kappa shape index (κ2) is 30.7. The molecule has 352 valence electrons. The van der Waals surface area contributed by atoms with Crippen LogP contribution in [0.15, 0.2) is 46.2 Å². The zero-order chi connectivity index (χ0) is 47.6. The van der Waals surface area contributed by atoms with Crippen molar-refractivity contribution in [3.63, 3.8) is 0 Å². The summed E-state index contributed by atoms with van der Waals surface area (Å²) in [5.74, 6) is -3.12. The molecule has 2 unspecified atom stereocenters. The van der Waals surface area contributed by atoms with E-state index in [1.165, 1.54) is 36.0 Å². The third kappa shape index (κ3) is 23.7. The first-order chi connectivity index (χ1) is 29.7. The van der Waals surface area contributed by atoms with Gasteiger partial charge in [-0.2, -0.15) is 29.9 Å². The number of nitrogens with one attached hydrogen (secondary N) is 4. The number of aliphatic hydroxyl groups excluding tert-OH is 4. The summed E-state index contributed by atoms with van der Waals surface area (Å²) in [5, 5.41) is 48.6. The smallest absolute Gasteiger partial charge is 0.748 e. The van der Waals surface area contributed by atoms with Crippen LogP contribution in [0.2, 0.25) is 0 Å². The second-order valence-electron chi connectivity index (χ2n) is 13.4. The van der Waals surface area contributed by atoms with Gasteiger partial charge >= 0.3 is 184 Å². The molecular weight excluding hydrogens is 1080 g/mol. The molecule has 2 aromatic heterocycles. The summed E-state index contributed by atoms with van der Waals surface area (Å²) in [6.45, 7) is -2.48. The van der Waals surface area contributed by atoms with E-state index in [1.54, 1.807) is 0 Å². The van der Waals surface area contributed by atoms with E-state index in [0.717, 1.165) is 36.4 Å². The van der Waals surface area contributed by atoms with Crippen LogP contribution in [0.5, 0.6) is 0 Å². The molecule has 0 aliphatic rings. The van der Waals surface area contributed by atoms with Gasteiger partial charge < -0.3 is 69.7 Å². The molecule has 0 saturated heterocycles. The van der Waals surface area contributed by atoms with Crippen molar-refractivity contribution in [3.8, 4) is 0 Å². The summed E-state index contributed by atoms with van der Waals surface area (Å²) in [6, 6.07) is 6.58. The third-order valence-electron chi connectivity index (χ3n) is 8.11. The standard InChI is InChI=1S/C32H44N12O16S4.3K.Na/c1-43(15-23(47)17-45)31-39-27(33-9-11-61(49,50)51)37-29(41-31)35-21-7-5-19(25(13-21)63(55,56)57)3-4-20-6-8-22(14-26(20)64(58,59)60)36-30-38-28(34-10-12-62(52,53)54)40-32(42-30)44(2)16-24(48)18-46;;;;/h3-8,13-14,23-24,45-48H,9-12,15-18H2,1-2H3,(H,49,50,51)(H,52,53,54)(H,55,56,57)(H,58,59,60)(H2,33,35,37,39,41)(H2,34,36,38,40,42);;;;/q;4*+1/p-4. The van der Waals surface area contributed by atoms with Gasteiger partial charge in [-0.25, -0.2) is 33.7 Å². The molecule has 0 amide bonds. The van der Waals surface area contributed by atoms with Gasteiger partial charge in [-0.1, -0.05) is 24.3 Å². The number of benzene rings is 2. The molecule has 0 saturated carbocycles. The van der Waals surface area contributed by atoms with Gasteiger partial charge in [0.15, 0.2) is 0 Å². The number of aromatic nitrogens is 6. The maximum Gasteiger partial charge on any atom is 1.00 e. The second-order valence-corrected chi connectivity index (χ2v) is 19.1. The van der Waals surface area contributed by atoms with Crippen LogP contribution in [0.1, 0.15) is 11.1 Å². The summed E-state index contributed by atoms with van der Waals surface area (Å²) in [7, 11) is -17.0. The van der Waals surface area contributed by atoms with E-state index in [4.69, 9.17) is 0 Å². The number of hydrogen-bond donors (Lipinski definition) is 8. The van der Waals surface area contributed by atoms with Gasteiger partial charge in [-0.05, 0) is 35.4 Å². The number of rotatable bonds is 24. The number of nitrogens with zero attached hydrogens (tertiary/aromatic N) is 8. The molecule has 28 nitrogen and oxygen atoms in total. The molecule has 2 atom stereocenters. The molecule has 0 fully saturated rings.